The van der Waals surface area contributed by atoms with Crippen LogP contribution in [-0.4, -0.2) is 14.8 Å². The molecule has 6 heteroatoms. The van der Waals surface area contributed by atoms with Gasteiger partial charge in [0, 0.05) is 6.04 Å². The molecule has 4 N–H and O–H groups in total. The van der Waals surface area contributed by atoms with E-state index < -0.39 is 11.4 Å². The summed E-state index contributed by atoms with van der Waals surface area (Å²) in [6.45, 7) is 1.87. The fourth-order valence-corrected chi connectivity index (χ4v) is 1.47. The molecule has 1 unspecified atom stereocenters. The number of benzene rings is 1. The molecule has 0 radical (unpaired) electrons. The molecule has 0 saturated carbocycles. The van der Waals surface area contributed by atoms with Gasteiger partial charge in [-0.15, -0.1) is 0 Å². The van der Waals surface area contributed by atoms with E-state index in [9.17, 15) is 9.59 Å². The van der Waals surface area contributed by atoms with Crippen LogP contribution in [-0.2, 0) is 0 Å². The van der Waals surface area contributed by atoms with Crippen LogP contribution in [0.4, 0.5) is 0 Å². The quantitative estimate of drug-likeness (QED) is 0.657. The molecular formula is C10H12N4O2. The highest BCUT2D eigenvalue weighted by molar-refractivity contribution is 5.35. The molecule has 1 heterocycles. The molecule has 0 spiro atoms. The summed E-state index contributed by atoms with van der Waals surface area (Å²) in [6, 6.07) is 6.87. The molecule has 1 aromatic carbocycles. The Morgan fingerprint density at radius 2 is 1.62 bits per heavy atom. The summed E-state index contributed by atoms with van der Waals surface area (Å²) in [5.74, 6) is 0. The Morgan fingerprint density at radius 1 is 1.12 bits per heavy atom. The van der Waals surface area contributed by atoms with Crippen molar-refractivity contribution in [3.8, 4) is 5.69 Å². The molecule has 0 bridgehead atoms. The van der Waals surface area contributed by atoms with Gasteiger partial charge in [0.2, 0.25) is 0 Å². The molecule has 2 aromatic rings. The number of H-pyrrole nitrogens is 2. The molecule has 6 nitrogen and oxygen atoms in total. The van der Waals surface area contributed by atoms with Crippen molar-refractivity contribution >= 4 is 0 Å². The van der Waals surface area contributed by atoms with Gasteiger partial charge in [0.1, 0.15) is 0 Å². The van der Waals surface area contributed by atoms with Crippen molar-refractivity contribution in [1.29, 1.82) is 0 Å². The average molecular weight is 220 g/mol. The molecule has 84 valence electrons. The van der Waals surface area contributed by atoms with Crippen LogP contribution in [0.5, 0.6) is 0 Å². The van der Waals surface area contributed by atoms with Crippen LogP contribution in [0.3, 0.4) is 0 Å². The Labute approximate surface area is 90.7 Å². The SMILES string of the molecule is CC(N)c1ccc(-n2c(=O)[nH][nH]c2=O)cc1. The van der Waals surface area contributed by atoms with Gasteiger partial charge in [-0.2, -0.15) is 0 Å². The lowest BCUT2D eigenvalue weighted by Crippen LogP contribution is -2.24. The maximum atomic E-state index is 11.3. The maximum Gasteiger partial charge on any atom is 0.348 e. The summed E-state index contributed by atoms with van der Waals surface area (Å²) in [5, 5.41) is 4.44. The highest BCUT2D eigenvalue weighted by Crippen LogP contribution is 2.11. The molecule has 0 aliphatic heterocycles. The van der Waals surface area contributed by atoms with Crippen molar-refractivity contribution in [2.24, 2.45) is 5.73 Å². The summed E-state index contributed by atoms with van der Waals surface area (Å²) >= 11 is 0. The Hall–Kier alpha value is -2.08. The van der Waals surface area contributed by atoms with E-state index in [0.717, 1.165) is 10.1 Å². The van der Waals surface area contributed by atoms with Crippen LogP contribution in [0.25, 0.3) is 5.69 Å². The largest absolute Gasteiger partial charge is 0.348 e. The molecule has 1 aromatic heterocycles. The monoisotopic (exact) mass is 220 g/mol. The van der Waals surface area contributed by atoms with Gasteiger partial charge in [-0.1, -0.05) is 12.1 Å². The molecule has 0 aliphatic rings. The van der Waals surface area contributed by atoms with E-state index >= 15 is 0 Å². The van der Waals surface area contributed by atoms with Crippen molar-refractivity contribution < 1.29 is 0 Å². The van der Waals surface area contributed by atoms with Crippen LogP contribution in [0.15, 0.2) is 33.9 Å². The lowest BCUT2D eigenvalue weighted by molar-refractivity contribution is 0.816. The van der Waals surface area contributed by atoms with Crippen LogP contribution in [0.1, 0.15) is 18.5 Å². The van der Waals surface area contributed by atoms with E-state index in [2.05, 4.69) is 10.2 Å². The third kappa shape index (κ3) is 1.70. The summed E-state index contributed by atoms with van der Waals surface area (Å²) in [4.78, 5) is 22.6. The average Bonchev–Trinajstić information content (AvgIpc) is 2.59. The summed E-state index contributed by atoms with van der Waals surface area (Å²) < 4.78 is 1.02. The van der Waals surface area contributed by atoms with Crippen molar-refractivity contribution in [2.75, 3.05) is 0 Å². The highest BCUT2D eigenvalue weighted by Gasteiger charge is 2.06. The molecule has 0 aliphatic carbocycles. The third-order valence-electron chi connectivity index (χ3n) is 2.36. The minimum absolute atomic E-state index is 0.0738. The number of aromatic amines is 2. The first-order valence-corrected chi connectivity index (χ1v) is 4.85. The van der Waals surface area contributed by atoms with Gasteiger partial charge in [-0.05, 0) is 24.6 Å². The molecule has 16 heavy (non-hydrogen) atoms. The first-order valence-electron chi connectivity index (χ1n) is 4.85. The Bertz CT molecular complexity index is 561. The Kier molecular flexibility index (Phi) is 2.49. The van der Waals surface area contributed by atoms with Crippen molar-refractivity contribution in [2.45, 2.75) is 13.0 Å². The molecule has 0 fully saturated rings. The minimum Gasteiger partial charge on any atom is -0.324 e. The topological polar surface area (TPSA) is 96.7 Å². The molecule has 2 rings (SSSR count). The second-order valence-corrected chi connectivity index (χ2v) is 3.58. The molecule has 1 atom stereocenters. The van der Waals surface area contributed by atoms with Gasteiger partial charge in [-0.3, -0.25) is 0 Å². The van der Waals surface area contributed by atoms with Gasteiger partial charge in [0.15, 0.2) is 0 Å². The fourth-order valence-electron chi connectivity index (χ4n) is 1.47. The zero-order valence-corrected chi connectivity index (χ0v) is 8.73. The zero-order chi connectivity index (χ0) is 11.7. The maximum absolute atomic E-state index is 11.3. The van der Waals surface area contributed by atoms with E-state index in [4.69, 9.17) is 5.73 Å². The van der Waals surface area contributed by atoms with Crippen LogP contribution < -0.4 is 17.1 Å². The number of nitrogens with one attached hydrogen (secondary N) is 2. The number of nitrogens with zero attached hydrogens (tertiary/aromatic N) is 1. The first-order chi connectivity index (χ1) is 7.59. The van der Waals surface area contributed by atoms with Crippen molar-refractivity contribution in [3.05, 3.63) is 50.8 Å². The lowest BCUT2D eigenvalue weighted by atomic mass is 10.1. The van der Waals surface area contributed by atoms with E-state index in [0.29, 0.717) is 5.69 Å². The Morgan fingerprint density at radius 3 is 2.06 bits per heavy atom. The van der Waals surface area contributed by atoms with Crippen LogP contribution in [0.2, 0.25) is 0 Å². The first kappa shape index (κ1) is 10.4. The lowest BCUT2D eigenvalue weighted by Gasteiger charge is -2.06. The third-order valence-corrected chi connectivity index (χ3v) is 2.36. The highest BCUT2D eigenvalue weighted by atomic mass is 16.2. The van der Waals surface area contributed by atoms with Gasteiger partial charge < -0.3 is 5.73 Å². The van der Waals surface area contributed by atoms with Crippen molar-refractivity contribution in [3.63, 3.8) is 0 Å². The number of hydrogen-bond donors (Lipinski definition) is 3. The van der Waals surface area contributed by atoms with Crippen molar-refractivity contribution in [1.82, 2.24) is 14.8 Å². The second kappa shape index (κ2) is 3.82. The molecule has 0 saturated heterocycles. The molecule has 0 amide bonds. The minimum atomic E-state index is -0.487. The number of aromatic nitrogens is 3. The normalized spacial score (nSPS) is 12.6. The predicted octanol–water partition coefficient (Wildman–Crippen LogP) is -0.126. The van der Waals surface area contributed by atoms with Crippen LogP contribution in [0, 0.1) is 0 Å². The summed E-state index contributed by atoms with van der Waals surface area (Å²) in [6.07, 6.45) is 0. The standard InChI is InChI=1S/C10H12N4O2/c1-6(11)7-2-4-8(5-3-7)14-9(15)12-13-10(14)16/h2-6H,11H2,1H3,(H,12,15)(H,13,16). The summed E-state index contributed by atoms with van der Waals surface area (Å²) in [5.41, 5.74) is 6.18. The fraction of sp³-hybridized carbons (Fsp3) is 0.200. The number of rotatable bonds is 2. The number of hydrogen-bond acceptors (Lipinski definition) is 3. The van der Waals surface area contributed by atoms with E-state index in [1.165, 1.54) is 0 Å². The van der Waals surface area contributed by atoms with Gasteiger partial charge in [0.05, 0.1) is 5.69 Å². The van der Waals surface area contributed by atoms with Gasteiger partial charge in [-0.25, -0.2) is 24.4 Å². The molecular weight excluding hydrogens is 208 g/mol. The van der Waals surface area contributed by atoms with E-state index in [-0.39, 0.29) is 6.04 Å². The smallest absolute Gasteiger partial charge is 0.324 e. The second-order valence-electron chi connectivity index (χ2n) is 3.58. The van der Waals surface area contributed by atoms with Crippen LogP contribution >= 0.6 is 0 Å². The van der Waals surface area contributed by atoms with E-state index in [1.807, 2.05) is 6.92 Å². The van der Waals surface area contributed by atoms with Gasteiger partial charge in [0.25, 0.3) is 0 Å². The number of nitrogens with two attached hydrogens (primary N) is 1. The van der Waals surface area contributed by atoms with Gasteiger partial charge >= 0.3 is 11.4 Å². The Balaban J connectivity index is 2.51. The van der Waals surface area contributed by atoms with E-state index in [1.54, 1.807) is 24.3 Å². The predicted molar refractivity (Wildman–Crippen MR) is 59.6 cm³/mol. The zero-order valence-electron chi connectivity index (χ0n) is 8.73. The summed E-state index contributed by atoms with van der Waals surface area (Å²) in [7, 11) is 0.